The van der Waals surface area contributed by atoms with Gasteiger partial charge in [0.15, 0.2) is 6.61 Å². The first-order valence-corrected chi connectivity index (χ1v) is 5.72. The molecule has 0 bridgehead atoms. The van der Waals surface area contributed by atoms with Crippen molar-refractivity contribution in [3.05, 3.63) is 36.0 Å². The molecule has 3 nitrogen and oxygen atoms in total. The Bertz CT molecular complexity index is 569. The predicted molar refractivity (Wildman–Crippen MR) is 66.1 cm³/mol. The van der Waals surface area contributed by atoms with Crippen LogP contribution < -0.4 is 10.1 Å². The summed E-state index contributed by atoms with van der Waals surface area (Å²) in [5.74, 6) is 0.00720. The lowest BCUT2D eigenvalue weighted by Gasteiger charge is -2.12. The van der Waals surface area contributed by atoms with Gasteiger partial charge in [0.2, 0.25) is 5.88 Å². The van der Waals surface area contributed by atoms with Crippen LogP contribution in [0.1, 0.15) is 5.56 Å². The number of alkyl halides is 3. The van der Waals surface area contributed by atoms with Crippen LogP contribution in [-0.2, 0) is 6.54 Å². The standard InChI is InChI=1S/C13H13F3N2O/c1-17-6-9-7-18-12(19-8-13(14,15)16)11-5-3-2-4-10(9)11/h2-5,7,17H,6,8H2,1H3. The van der Waals surface area contributed by atoms with Crippen LogP contribution in [-0.4, -0.2) is 24.8 Å². The Morgan fingerprint density at radius 1 is 1.21 bits per heavy atom. The van der Waals surface area contributed by atoms with Gasteiger partial charge in [-0.2, -0.15) is 13.2 Å². The van der Waals surface area contributed by atoms with Gasteiger partial charge in [0.1, 0.15) is 0 Å². The van der Waals surface area contributed by atoms with Crippen LogP contribution >= 0.6 is 0 Å². The van der Waals surface area contributed by atoms with E-state index < -0.39 is 12.8 Å². The molecule has 0 amide bonds. The summed E-state index contributed by atoms with van der Waals surface area (Å²) in [5, 5.41) is 4.41. The summed E-state index contributed by atoms with van der Waals surface area (Å²) in [6, 6.07) is 7.11. The van der Waals surface area contributed by atoms with Gasteiger partial charge in [-0.05, 0) is 24.1 Å². The molecule has 1 heterocycles. The molecule has 102 valence electrons. The third-order valence-corrected chi connectivity index (χ3v) is 2.58. The Labute approximate surface area is 108 Å². The van der Waals surface area contributed by atoms with Crippen molar-refractivity contribution < 1.29 is 17.9 Å². The van der Waals surface area contributed by atoms with Crippen LogP contribution in [0.2, 0.25) is 0 Å². The van der Waals surface area contributed by atoms with E-state index in [-0.39, 0.29) is 5.88 Å². The molecule has 0 saturated carbocycles. The van der Waals surface area contributed by atoms with Crippen molar-refractivity contribution in [3.63, 3.8) is 0 Å². The maximum absolute atomic E-state index is 12.2. The molecule has 0 saturated heterocycles. The lowest BCUT2D eigenvalue weighted by atomic mass is 10.1. The van der Waals surface area contributed by atoms with E-state index in [1.54, 1.807) is 19.2 Å². The van der Waals surface area contributed by atoms with E-state index in [9.17, 15) is 13.2 Å². The Hall–Kier alpha value is -1.82. The van der Waals surface area contributed by atoms with Crippen molar-refractivity contribution in [2.45, 2.75) is 12.7 Å². The van der Waals surface area contributed by atoms with Gasteiger partial charge in [-0.25, -0.2) is 4.98 Å². The number of halogens is 3. The molecule has 0 spiro atoms. The number of rotatable bonds is 4. The second-order valence-electron chi connectivity index (χ2n) is 4.07. The van der Waals surface area contributed by atoms with Crippen LogP contribution in [0.25, 0.3) is 10.8 Å². The fraction of sp³-hybridized carbons (Fsp3) is 0.308. The summed E-state index contributed by atoms with van der Waals surface area (Å²) in [7, 11) is 1.79. The van der Waals surface area contributed by atoms with E-state index in [2.05, 4.69) is 10.3 Å². The number of pyridine rings is 1. The molecule has 0 aliphatic heterocycles. The van der Waals surface area contributed by atoms with Crippen molar-refractivity contribution >= 4 is 10.8 Å². The highest BCUT2D eigenvalue weighted by Gasteiger charge is 2.29. The van der Waals surface area contributed by atoms with Gasteiger partial charge in [0.05, 0.1) is 0 Å². The highest BCUT2D eigenvalue weighted by molar-refractivity contribution is 5.89. The third kappa shape index (κ3) is 3.35. The summed E-state index contributed by atoms with van der Waals surface area (Å²) in [4.78, 5) is 3.97. The molecular weight excluding hydrogens is 257 g/mol. The molecule has 1 aromatic heterocycles. The first kappa shape index (κ1) is 13.6. The number of fused-ring (bicyclic) bond motifs is 1. The van der Waals surface area contributed by atoms with Crippen LogP contribution in [0.15, 0.2) is 30.5 Å². The normalized spacial score (nSPS) is 11.8. The maximum Gasteiger partial charge on any atom is 0.422 e. The Morgan fingerprint density at radius 2 is 1.89 bits per heavy atom. The van der Waals surface area contributed by atoms with Crippen LogP contribution in [0.5, 0.6) is 5.88 Å². The van der Waals surface area contributed by atoms with Crippen LogP contribution in [0.3, 0.4) is 0 Å². The lowest BCUT2D eigenvalue weighted by Crippen LogP contribution is -2.20. The molecule has 1 N–H and O–H groups in total. The number of hydrogen-bond donors (Lipinski definition) is 1. The summed E-state index contributed by atoms with van der Waals surface area (Å²) >= 11 is 0. The molecule has 2 aromatic rings. The van der Waals surface area contributed by atoms with E-state index in [0.717, 1.165) is 10.9 Å². The Balaban J connectivity index is 2.38. The monoisotopic (exact) mass is 270 g/mol. The second kappa shape index (κ2) is 5.44. The number of benzene rings is 1. The highest BCUT2D eigenvalue weighted by Crippen LogP contribution is 2.27. The van der Waals surface area contributed by atoms with Gasteiger partial charge < -0.3 is 10.1 Å². The van der Waals surface area contributed by atoms with Crippen molar-refractivity contribution in [1.29, 1.82) is 0 Å². The molecule has 19 heavy (non-hydrogen) atoms. The smallest absolute Gasteiger partial charge is 0.422 e. The first-order valence-electron chi connectivity index (χ1n) is 5.72. The zero-order valence-corrected chi connectivity index (χ0v) is 10.3. The molecule has 6 heteroatoms. The second-order valence-corrected chi connectivity index (χ2v) is 4.07. The summed E-state index contributed by atoms with van der Waals surface area (Å²) in [6.45, 7) is -0.748. The molecule has 0 atom stereocenters. The van der Waals surface area contributed by atoms with Gasteiger partial charge in [-0.15, -0.1) is 0 Å². The maximum atomic E-state index is 12.2. The summed E-state index contributed by atoms with van der Waals surface area (Å²) < 4.78 is 41.3. The zero-order valence-electron chi connectivity index (χ0n) is 10.3. The molecule has 0 aliphatic carbocycles. The number of hydrogen-bond acceptors (Lipinski definition) is 3. The van der Waals surface area contributed by atoms with E-state index in [4.69, 9.17) is 4.74 Å². The van der Waals surface area contributed by atoms with Crippen molar-refractivity contribution in [1.82, 2.24) is 10.3 Å². The molecule has 0 fully saturated rings. The van der Waals surface area contributed by atoms with Crippen molar-refractivity contribution in [2.24, 2.45) is 0 Å². The minimum absolute atomic E-state index is 0.00720. The lowest BCUT2D eigenvalue weighted by molar-refractivity contribution is -0.153. The third-order valence-electron chi connectivity index (χ3n) is 2.58. The van der Waals surface area contributed by atoms with Gasteiger partial charge in [0.25, 0.3) is 0 Å². The average Bonchev–Trinajstić information content (AvgIpc) is 2.37. The zero-order chi connectivity index (χ0) is 13.9. The molecule has 0 aliphatic rings. The van der Waals surface area contributed by atoms with Gasteiger partial charge in [-0.1, -0.05) is 18.2 Å². The SMILES string of the molecule is CNCc1cnc(OCC(F)(F)F)c2ccccc12. The molecule has 0 unspecified atom stereocenters. The number of nitrogens with zero attached hydrogens (tertiary/aromatic N) is 1. The predicted octanol–water partition coefficient (Wildman–Crippen LogP) is 2.90. The number of aromatic nitrogens is 1. The largest absolute Gasteiger partial charge is 0.468 e. The molecule has 0 radical (unpaired) electrons. The number of nitrogens with one attached hydrogen (secondary N) is 1. The molecular formula is C13H13F3N2O. The van der Waals surface area contributed by atoms with E-state index >= 15 is 0 Å². The first-order chi connectivity index (χ1) is 9.01. The minimum Gasteiger partial charge on any atom is -0.468 e. The van der Waals surface area contributed by atoms with Gasteiger partial charge in [-0.3, -0.25) is 0 Å². The highest BCUT2D eigenvalue weighted by atomic mass is 19.4. The van der Waals surface area contributed by atoms with E-state index in [0.29, 0.717) is 11.9 Å². The Morgan fingerprint density at radius 3 is 2.53 bits per heavy atom. The minimum atomic E-state index is -4.37. The topological polar surface area (TPSA) is 34.2 Å². The van der Waals surface area contributed by atoms with Gasteiger partial charge >= 0.3 is 6.18 Å². The fourth-order valence-electron chi connectivity index (χ4n) is 1.82. The quantitative estimate of drug-likeness (QED) is 0.927. The average molecular weight is 270 g/mol. The molecule has 2 rings (SSSR count). The molecule has 1 aromatic carbocycles. The summed E-state index contributed by atoms with van der Waals surface area (Å²) in [5.41, 5.74) is 0.914. The van der Waals surface area contributed by atoms with E-state index in [1.807, 2.05) is 12.1 Å². The van der Waals surface area contributed by atoms with Crippen molar-refractivity contribution in [3.8, 4) is 5.88 Å². The number of ether oxygens (including phenoxy) is 1. The van der Waals surface area contributed by atoms with Crippen LogP contribution in [0, 0.1) is 0 Å². The Kier molecular flexibility index (Phi) is 3.90. The van der Waals surface area contributed by atoms with Crippen molar-refractivity contribution in [2.75, 3.05) is 13.7 Å². The summed E-state index contributed by atoms with van der Waals surface area (Å²) in [6.07, 6.45) is -2.84. The van der Waals surface area contributed by atoms with E-state index in [1.165, 1.54) is 6.20 Å². The van der Waals surface area contributed by atoms with Gasteiger partial charge in [0, 0.05) is 18.1 Å². The van der Waals surface area contributed by atoms with Crippen LogP contribution in [0.4, 0.5) is 13.2 Å². The fourth-order valence-corrected chi connectivity index (χ4v) is 1.82.